The summed E-state index contributed by atoms with van der Waals surface area (Å²) in [5.41, 5.74) is 8.63. The molecule has 0 aromatic heterocycles. The normalized spacial score (nSPS) is 12.6. The topological polar surface area (TPSA) is 26.0 Å². The molecule has 0 bridgehead atoms. The third-order valence-electron chi connectivity index (χ3n) is 3.40. The molecule has 0 amide bonds. The van der Waals surface area contributed by atoms with Crippen LogP contribution in [0.5, 0.6) is 0 Å². The van der Waals surface area contributed by atoms with Crippen LogP contribution in [-0.2, 0) is 12.8 Å². The molecule has 1 aromatic rings. The van der Waals surface area contributed by atoms with Crippen molar-refractivity contribution < 1.29 is 0 Å². The van der Waals surface area contributed by atoms with Gasteiger partial charge in [0.1, 0.15) is 0 Å². The number of rotatable bonds is 9. The fourth-order valence-electron chi connectivity index (χ4n) is 2.32. The quantitative estimate of drug-likeness (QED) is 0.640. The molecule has 0 saturated carbocycles. The van der Waals surface area contributed by atoms with Crippen LogP contribution in [0.4, 0.5) is 0 Å². The smallest absolute Gasteiger partial charge is 0.00509 e. The zero-order valence-corrected chi connectivity index (χ0v) is 12.1. The molecule has 1 unspecified atom stereocenters. The monoisotopic (exact) mass is 247 g/mol. The predicted octanol–water partition coefficient (Wildman–Crippen LogP) is 4.48. The fraction of sp³-hybridized carbons (Fsp3) is 0.647. The van der Waals surface area contributed by atoms with Crippen molar-refractivity contribution in [1.82, 2.24) is 0 Å². The van der Waals surface area contributed by atoms with Crippen LogP contribution < -0.4 is 5.73 Å². The Hall–Kier alpha value is -0.820. The van der Waals surface area contributed by atoms with Crippen LogP contribution in [0.1, 0.15) is 63.5 Å². The Kier molecular flexibility index (Phi) is 7.75. The lowest BCUT2D eigenvalue weighted by Crippen LogP contribution is -2.17. The van der Waals surface area contributed by atoms with Crippen molar-refractivity contribution in [3.05, 3.63) is 35.4 Å². The second-order valence-corrected chi connectivity index (χ2v) is 5.52. The Balaban J connectivity index is 2.18. The highest BCUT2D eigenvalue weighted by molar-refractivity contribution is 5.23. The molecule has 2 N–H and O–H groups in total. The SMILES string of the molecule is CCCCCCCCc1ccc(CC(C)N)cc1. The molecule has 0 radical (unpaired) electrons. The van der Waals surface area contributed by atoms with Crippen LogP contribution in [0, 0.1) is 0 Å². The molecule has 102 valence electrons. The van der Waals surface area contributed by atoms with E-state index in [-0.39, 0.29) is 6.04 Å². The minimum atomic E-state index is 0.259. The first-order chi connectivity index (χ1) is 8.72. The molecule has 0 aliphatic carbocycles. The Bertz CT molecular complexity index is 300. The highest BCUT2D eigenvalue weighted by Crippen LogP contribution is 2.11. The van der Waals surface area contributed by atoms with E-state index in [1.165, 1.54) is 56.1 Å². The zero-order chi connectivity index (χ0) is 13.2. The van der Waals surface area contributed by atoms with Gasteiger partial charge in [-0.15, -0.1) is 0 Å². The molecule has 0 fully saturated rings. The second-order valence-electron chi connectivity index (χ2n) is 5.52. The van der Waals surface area contributed by atoms with Crippen molar-refractivity contribution >= 4 is 0 Å². The second kappa shape index (κ2) is 9.16. The molecular formula is C17H29N. The van der Waals surface area contributed by atoms with Crippen molar-refractivity contribution in [3.63, 3.8) is 0 Å². The molecule has 0 aliphatic rings. The van der Waals surface area contributed by atoms with Crippen molar-refractivity contribution in [2.24, 2.45) is 5.73 Å². The van der Waals surface area contributed by atoms with Crippen molar-refractivity contribution in [2.45, 2.75) is 71.3 Å². The van der Waals surface area contributed by atoms with E-state index in [9.17, 15) is 0 Å². The van der Waals surface area contributed by atoms with Crippen molar-refractivity contribution in [1.29, 1.82) is 0 Å². The first-order valence-corrected chi connectivity index (χ1v) is 7.55. The summed E-state index contributed by atoms with van der Waals surface area (Å²) in [7, 11) is 0. The highest BCUT2D eigenvalue weighted by Gasteiger charge is 1.98. The van der Waals surface area contributed by atoms with E-state index in [4.69, 9.17) is 5.73 Å². The molecule has 1 aromatic carbocycles. The van der Waals surface area contributed by atoms with Gasteiger partial charge in [-0.1, -0.05) is 63.3 Å². The van der Waals surface area contributed by atoms with Gasteiger partial charge in [-0.3, -0.25) is 0 Å². The van der Waals surface area contributed by atoms with Crippen LogP contribution in [0.2, 0.25) is 0 Å². The summed E-state index contributed by atoms with van der Waals surface area (Å²) in [4.78, 5) is 0. The molecule has 0 spiro atoms. The molecule has 0 saturated heterocycles. The van der Waals surface area contributed by atoms with Crippen LogP contribution in [0.15, 0.2) is 24.3 Å². The van der Waals surface area contributed by atoms with E-state index in [2.05, 4.69) is 38.1 Å². The molecule has 18 heavy (non-hydrogen) atoms. The lowest BCUT2D eigenvalue weighted by atomic mass is 10.0. The van der Waals surface area contributed by atoms with Crippen LogP contribution >= 0.6 is 0 Å². The Morgan fingerprint density at radius 2 is 1.44 bits per heavy atom. The zero-order valence-electron chi connectivity index (χ0n) is 12.1. The molecule has 1 heteroatoms. The number of hydrogen-bond acceptors (Lipinski definition) is 1. The Labute approximate surface area is 113 Å². The highest BCUT2D eigenvalue weighted by atomic mass is 14.6. The maximum absolute atomic E-state index is 5.80. The maximum atomic E-state index is 5.80. The van der Waals surface area contributed by atoms with Gasteiger partial charge in [0.2, 0.25) is 0 Å². The average molecular weight is 247 g/mol. The average Bonchev–Trinajstić information content (AvgIpc) is 2.35. The van der Waals surface area contributed by atoms with Crippen LogP contribution in [0.3, 0.4) is 0 Å². The first-order valence-electron chi connectivity index (χ1n) is 7.55. The van der Waals surface area contributed by atoms with E-state index in [1.807, 2.05) is 0 Å². The summed E-state index contributed by atoms with van der Waals surface area (Å²) >= 11 is 0. The van der Waals surface area contributed by atoms with E-state index >= 15 is 0 Å². The third-order valence-corrected chi connectivity index (χ3v) is 3.40. The Morgan fingerprint density at radius 1 is 0.889 bits per heavy atom. The maximum Gasteiger partial charge on any atom is 0.00509 e. The summed E-state index contributed by atoms with van der Waals surface area (Å²) < 4.78 is 0. The van der Waals surface area contributed by atoms with Gasteiger partial charge in [-0.25, -0.2) is 0 Å². The number of benzene rings is 1. The summed E-state index contributed by atoms with van der Waals surface area (Å²) in [6.07, 6.45) is 10.5. The number of unbranched alkanes of at least 4 members (excludes halogenated alkanes) is 5. The van der Waals surface area contributed by atoms with E-state index < -0.39 is 0 Å². The molecule has 1 rings (SSSR count). The fourth-order valence-corrected chi connectivity index (χ4v) is 2.32. The third kappa shape index (κ3) is 6.80. The molecule has 0 aliphatic heterocycles. The standard InChI is InChI=1S/C17H29N/c1-3-4-5-6-7-8-9-16-10-12-17(13-11-16)14-15(2)18/h10-13,15H,3-9,14,18H2,1-2H3. The van der Waals surface area contributed by atoms with Gasteiger partial charge in [-0.05, 0) is 37.3 Å². The van der Waals surface area contributed by atoms with Gasteiger partial charge in [0.15, 0.2) is 0 Å². The molecule has 0 heterocycles. The van der Waals surface area contributed by atoms with E-state index in [0.717, 1.165) is 6.42 Å². The van der Waals surface area contributed by atoms with Gasteiger partial charge in [-0.2, -0.15) is 0 Å². The van der Waals surface area contributed by atoms with Gasteiger partial charge >= 0.3 is 0 Å². The summed E-state index contributed by atoms with van der Waals surface area (Å²) in [5, 5.41) is 0. The summed E-state index contributed by atoms with van der Waals surface area (Å²) in [6, 6.07) is 9.26. The molecule has 1 nitrogen and oxygen atoms in total. The summed E-state index contributed by atoms with van der Waals surface area (Å²) in [6.45, 7) is 4.33. The van der Waals surface area contributed by atoms with Gasteiger partial charge in [0, 0.05) is 6.04 Å². The lowest BCUT2D eigenvalue weighted by molar-refractivity contribution is 0.607. The molecule has 1 atom stereocenters. The predicted molar refractivity (Wildman–Crippen MR) is 80.9 cm³/mol. The van der Waals surface area contributed by atoms with Crippen molar-refractivity contribution in [3.8, 4) is 0 Å². The van der Waals surface area contributed by atoms with Crippen molar-refractivity contribution in [2.75, 3.05) is 0 Å². The number of aryl methyl sites for hydroxylation is 1. The van der Waals surface area contributed by atoms with Gasteiger partial charge < -0.3 is 5.73 Å². The molecular weight excluding hydrogens is 218 g/mol. The van der Waals surface area contributed by atoms with Crippen LogP contribution in [0.25, 0.3) is 0 Å². The summed E-state index contributed by atoms with van der Waals surface area (Å²) in [5.74, 6) is 0. The minimum absolute atomic E-state index is 0.259. The minimum Gasteiger partial charge on any atom is -0.328 e. The lowest BCUT2D eigenvalue weighted by Gasteiger charge is -2.06. The van der Waals surface area contributed by atoms with Crippen LogP contribution in [-0.4, -0.2) is 6.04 Å². The van der Waals surface area contributed by atoms with E-state index in [1.54, 1.807) is 0 Å². The first kappa shape index (κ1) is 15.2. The van der Waals surface area contributed by atoms with Gasteiger partial charge in [0.05, 0.1) is 0 Å². The number of hydrogen-bond donors (Lipinski definition) is 1. The van der Waals surface area contributed by atoms with Gasteiger partial charge in [0.25, 0.3) is 0 Å². The van der Waals surface area contributed by atoms with E-state index in [0.29, 0.717) is 0 Å². The Morgan fingerprint density at radius 3 is 2.06 bits per heavy atom. The largest absolute Gasteiger partial charge is 0.328 e. The number of nitrogens with two attached hydrogens (primary N) is 1.